The molecule has 0 saturated carbocycles. The van der Waals surface area contributed by atoms with Crippen molar-refractivity contribution in [2.24, 2.45) is 10.9 Å². The molecule has 3 aromatic carbocycles. The molecule has 26 heavy (non-hydrogen) atoms. The van der Waals surface area contributed by atoms with Crippen molar-refractivity contribution in [3.8, 4) is 28.0 Å². The van der Waals surface area contributed by atoms with E-state index in [1.165, 1.54) is 0 Å². The van der Waals surface area contributed by atoms with Gasteiger partial charge in [0, 0.05) is 31.2 Å². The second-order valence-corrected chi connectivity index (χ2v) is 7.29. The van der Waals surface area contributed by atoms with E-state index in [2.05, 4.69) is 21.1 Å². The SMILES string of the molecule is N/C(=N\O)c1cc(Br)cc(-c2ccc(O)cc2)c1-c1cc(Cl)ccc1Cl. The molecule has 4 nitrogen and oxygen atoms in total. The molecule has 0 aliphatic carbocycles. The molecule has 3 rings (SSSR count). The molecule has 0 aliphatic heterocycles. The Morgan fingerprint density at radius 1 is 0.962 bits per heavy atom. The Kier molecular flexibility index (Phi) is 5.41. The van der Waals surface area contributed by atoms with Crippen molar-refractivity contribution in [3.63, 3.8) is 0 Å². The van der Waals surface area contributed by atoms with Gasteiger partial charge in [-0.1, -0.05) is 56.4 Å². The molecular formula is C19H13BrCl2N2O2. The van der Waals surface area contributed by atoms with E-state index in [-0.39, 0.29) is 11.6 Å². The normalized spacial score (nSPS) is 11.6. The zero-order valence-corrected chi connectivity index (χ0v) is 16.3. The topological polar surface area (TPSA) is 78.8 Å². The van der Waals surface area contributed by atoms with Crippen LogP contribution in [0, 0.1) is 0 Å². The van der Waals surface area contributed by atoms with Crippen molar-refractivity contribution >= 4 is 45.0 Å². The summed E-state index contributed by atoms with van der Waals surface area (Å²) < 4.78 is 0.740. The summed E-state index contributed by atoms with van der Waals surface area (Å²) in [5.74, 6) is 0.0973. The molecule has 0 fully saturated rings. The molecule has 7 heteroatoms. The van der Waals surface area contributed by atoms with Crippen molar-refractivity contribution in [1.82, 2.24) is 0 Å². The standard InChI is InChI=1S/C19H13BrCl2N2O2/c20-11-7-14(10-1-4-13(25)5-2-10)18(16(8-11)19(23)24-26)15-9-12(21)3-6-17(15)22/h1-9,25-26H,(H2,23,24). The van der Waals surface area contributed by atoms with Gasteiger partial charge in [0.15, 0.2) is 5.84 Å². The summed E-state index contributed by atoms with van der Waals surface area (Å²) in [6.07, 6.45) is 0. The van der Waals surface area contributed by atoms with Gasteiger partial charge in [-0.25, -0.2) is 0 Å². The first-order valence-corrected chi connectivity index (χ1v) is 9.02. The molecule has 0 saturated heterocycles. The van der Waals surface area contributed by atoms with Crippen LogP contribution < -0.4 is 5.73 Å². The van der Waals surface area contributed by atoms with E-state index in [1.54, 1.807) is 48.5 Å². The van der Waals surface area contributed by atoms with Crippen LogP contribution in [0.4, 0.5) is 0 Å². The Labute approximate surface area is 168 Å². The molecular weight excluding hydrogens is 439 g/mol. The zero-order chi connectivity index (χ0) is 18.8. The van der Waals surface area contributed by atoms with Gasteiger partial charge in [-0.05, 0) is 53.6 Å². The average molecular weight is 452 g/mol. The summed E-state index contributed by atoms with van der Waals surface area (Å²) in [5.41, 5.74) is 9.34. The van der Waals surface area contributed by atoms with Crippen LogP contribution in [-0.2, 0) is 0 Å². The van der Waals surface area contributed by atoms with Crippen LogP contribution >= 0.6 is 39.1 Å². The second kappa shape index (κ2) is 7.58. The first kappa shape index (κ1) is 18.6. The van der Waals surface area contributed by atoms with E-state index in [9.17, 15) is 10.3 Å². The van der Waals surface area contributed by atoms with E-state index >= 15 is 0 Å². The van der Waals surface area contributed by atoms with Crippen LogP contribution in [0.25, 0.3) is 22.3 Å². The maximum atomic E-state index is 9.59. The van der Waals surface area contributed by atoms with E-state index < -0.39 is 0 Å². The lowest BCUT2D eigenvalue weighted by molar-refractivity contribution is 0.318. The first-order valence-electron chi connectivity index (χ1n) is 7.47. The van der Waals surface area contributed by atoms with Crippen molar-refractivity contribution in [2.75, 3.05) is 0 Å². The summed E-state index contributed by atoms with van der Waals surface area (Å²) in [6, 6.07) is 15.5. The zero-order valence-electron chi connectivity index (χ0n) is 13.2. The molecule has 4 N–H and O–H groups in total. The summed E-state index contributed by atoms with van der Waals surface area (Å²) in [5, 5.41) is 22.9. The summed E-state index contributed by atoms with van der Waals surface area (Å²) in [6.45, 7) is 0. The van der Waals surface area contributed by atoms with Gasteiger partial charge in [-0.15, -0.1) is 0 Å². The molecule has 0 bridgehead atoms. The van der Waals surface area contributed by atoms with Crippen molar-refractivity contribution in [3.05, 3.63) is 74.7 Å². The van der Waals surface area contributed by atoms with Crippen LogP contribution in [0.1, 0.15) is 5.56 Å². The van der Waals surface area contributed by atoms with Gasteiger partial charge in [0.25, 0.3) is 0 Å². The Morgan fingerprint density at radius 2 is 1.65 bits per heavy atom. The number of hydrogen-bond acceptors (Lipinski definition) is 3. The monoisotopic (exact) mass is 450 g/mol. The number of amidine groups is 1. The number of oxime groups is 1. The van der Waals surface area contributed by atoms with Crippen LogP contribution in [-0.4, -0.2) is 16.1 Å². The van der Waals surface area contributed by atoms with E-state index in [0.29, 0.717) is 26.7 Å². The van der Waals surface area contributed by atoms with Gasteiger partial charge in [-0.2, -0.15) is 0 Å². The van der Waals surface area contributed by atoms with Gasteiger partial charge in [-0.3, -0.25) is 0 Å². The third-order valence-corrected chi connectivity index (χ3v) is 4.89. The highest BCUT2D eigenvalue weighted by atomic mass is 79.9. The molecule has 0 aromatic heterocycles. The van der Waals surface area contributed by atoms with Crippen molar-refractivity contribution < 1.29 is 10.3 Å². The number of aromatic hydroxyl groups is 1. The number of nitrogens with zero attached hydrogens (tertiary/aromatic N) is 1. The van der Waals surface area contributed by atoms with Gasteiger partial charge in [0.2, 0.25) is 0 Å². The van der Waals surface area contributed by atoms with Gasteiger partial charge in [0.1, 0.15) is 5.75 Å². The smallest absolute Gasteiger partial charge is 0.170 e. The van der Waals surface area contributed by atoms with Crippen molar-refractivity contribution in [1.29, 1.82) is 0 Å². The Balaban J connectivity index is 2.42. The fourth-order valence-electron chi connectivity index (χ4n) is 2.71. The number of nitrogens with two attached hydrogens (primary N) is 1. The predicted octanol–water partition coefficient (Wildman–Crippen LogP) is 5.89. The molecule has 0 unspecified atom stereocenters. The highest BCUT2D eigenvalue weighted by Crippen LogP contribution is 2.41. The molecule has 132 valence electrons. The summed E-state index contributed by atoms with van der Waals surface area (Å²) in [7, 11) is 0. The average Bonchev–Trinajstić information content (AvgIpc) is 2.63. The van der Waals surface area contributed by atoms with Crippen LogP contribution in [0.2, 0.25) is 10.0 Å². The molecule has 0 radical (unpaired) electrons. The maximum absolute atomic E-state index is 9.59. The van der Waals surface area contributed by atoms with E-state index in [0.717, 1.165) is 15.6 Å². The lowest BCUT2D eigenvalue weighted by atomic mass is 9.90. The minimum absolute atomic E-state index is 0.0580. The quantitative estimate of drug-likeness (QED) is 0.201. The highest BCUT2D eigenvalue weighted by molar-refractivity contribution is 9.10. The van der Waals surface area contributed by atoms with Crippen LogP contribution in [0.5, 0.6) is 5.75 Å². The lowest BCUT2D eigenvalue weighted by Crippen LogP contribution is -2.15. The lowest BCUT2D eigenvalue weighted by Gasteiger charge is -2.17. The van der Waals surface area contributed by atoms with E-state index in [4.69, 9.17) is 28.9 Å². The van der Waals surface area contributed by atoms with E-state index in [1.807, 2.05) is 6.07 Å². The number of hydrogen-bond donors (Lipinski definition) is 3. The molecule has 0 spiro atoms. The minimum Gasteiger partial charge on any atom is -0.508 e. The largest absolute Gasteiger partial charge is 0.508 e. The van der Waals surface area contributed by atoms with Gasteiger partial charge in [0.05, 0.1) is 0 Å². The fourth-order valence-corrected chi connectivity index (χ4v) is 3.55. The Morgan fingerprint density at radius 3 is 2.31 bits per heavy atom. The Hall–Kier alpha value is -2.21. The van der Waals surface area contributed by atoms with Crippen molar-refractivity contribution in [2.45, 2.75) is 0 Å². The Bertz CT molecular complexity index is 1010. The summed E-state index contributed by atoms with van der Waals surface area (Å²) in [4.78, 5) is 0. The maximum Gasteiger partial charge on any atom is 0.170 e. The fraction of sp³-hybridized carbons (Fsp3) is 0. The molecule has 3 aromatic rings. The summed E-state index contributed by atoms with van der Waals surface area (Å²) >= 11 is 16.1. The number of rotatable bonds is 3. The molecule has 0 atom stereocenters. The van der Waals surface area contributed by atoms with Crippen LogP contribution in [0.15, 0.2) is 64.2 Å². The highest BCUT2D eigenvalue weighted by Gasteiger charge is 2.19. The number of benzene rings is 3. The van der Waals surface area contributed by atoms with Gasteiger partial charge >= 0.3 is 0 Å². The van der Waals surface area contributed by atoms with Gasteiger partial charge < -0.3 is 16.0 Å². The predicted molar refractivity (Wildman–Crippen MR) is 109 cm³/mol. The molecule has 0 heterocycles. The first-order chi connectivity index (χ1) is 12.4. The molecule has 0 aliphatic rings. The molecule has 0 amide bonds. The third-order valence-electron chi connectivity index (χ3n) is 3.86. The third kappa shape index (κ3) is 3.65. The van der Waals surface area contributed by atoms with Crippen LogP contribution in [0.3, 0.4) is 0 Å². The number of phenolic OH excluding ortho intramolecular Hbond substituents is 1. The second-order valence-electron chi connectivity index (χ2n) is 5.53. The minimum atomic E-state index is -0.0580. The number of phenols is 1. The number of halogens is 3.